The van der Waals surface area contributed by atoms with Crippen molar-refractivity contribution in [2.45, 2.75) is 51.1 Å². The summed E-state index contributed by atoms with van der Waals surface area (Å²) < 4.78 is 4.96. The summed E-state index contributed by atoms with van der Waals surface area (Å²) in [6.45, 7) is 2.97. The zero-order chi connectivity index (χ0) is 23.5. The van der Waals surface area contributed by atoms with E-state index in [1.54, 1.807) is 19.4 Å². The van der Waals surface area contributed by atoms with Crippen molar-refractivity contribution in [1.82, 2.24) is 15.4 Å². The van der Waals surface area contributed by atoms with Gasteiger partial charge in [0.2, 0.25) is 0 Å². The first-order valence-corrected chi connectivity index (χ1v) is 11.8. The molecule has 3 rings (SSSR count). The average molecular weight is 455 g/mol. The van der Waals surface area contributed by atoms with Crippen LogP contribution in [0.4, 0.5) is 17.5 Å². The Morgan fingerprint density at radius 1 is 1.33 bits per heavy atom. The number of hydrazine groups is 1. The van der Waals surface area contributed by atoms with Gasteiger partial charge in [-0.05, 0) is 49.7 Å². The van der Waals surface area contributed by atoms with Gasteiger partial charge >= 0.3 is 0 Å². The van der Waals surface area contributed by atoms with Gasteiger partial charge in [-0.3, -0.25) is 4.99 Å². The predicted octanol–water partition coefficient (Wildman–Crippen LogP) is 3.44. The molecule has 33 heavy (non-hydrogen) atoms. The average Bonchev–Trinajstić information content (AvgIpc) is 3.05. The van der Waals surface area contributed by atoms with Crippen molar-refractivity contribution < 1.29 is 4.74 Å². The fraction of sp³-hybridized carbons (Fsp3) is 0.542. The number of aliphatic imine (C=N–C) groups is 1. The number of aromatic nitrogens is 2. The minimum atomic E-state index is 0.0913. The Morgan fingerprint density at radius 3 is 3.00 bits per heavy atom. The molecule has 0 aromatic carbocycles. The Hall–Kier alpha value is -3.07. The zero-order valence-corrected chi connectivity index (χ0v) is 19.9. The molecule has 1 fully saturated rings. The number of rotatable bonds is 11. The van der Waals surface area contributed by atoms with Crippen molar-refractivity contribution in [1.29, 1.82) is 0 Å². The van der Waals surface area contributed by atoms with Gasteiger partial charge in [-0.1, -0.05) is 31.6 Å². The molecule has 0 radical (unpaired) electrons. The van der Waals surface area contributed by atoms with Crippen LogP contribution < -0.4 is 27.2 Å². The smallest absolute Gasteiger partial charge is 0.183 e. The highest BCUT2D eigenvalue weighted by Gasteiger charge is 2.27. The van der Waals surface area contributed by atoms with Gasteiger partial charge in [0, 0.05) is 25.8 Å². The van der Waals surface area contributed by atoms with Crippen LogP contribution in [0.3, 0.4) is 0 Å². The summed E-state index contributed by atoms with van der Waals surface area (Å²) in [7, 11) is 3.36. The van der Waals surface area contributed by atoms with Crippen molar-refractivity contribution >= 4 is 23.7 Å². The van der Waals surface area contributed by atoms with Gasteiger partial charge < -0.3 is 26.5 Å². The number of methoxy groups -OCH3 is 1. The molecule has 0 amide bonds. The lowest BCUT2D eigenvalue weighted by atomic mass is 9.89. The Morgan fingerprint density at radius 2 is 2.21 bits per heavy atom. The molecule has 4 atom stereocenters. The molecular formula is C24H38N8O. The van der Waals surface area contributed by atoms with Gasteiger partial charge in [0.05, 0.1) is 19.3 Å². The summed E-state index contributed by atoms with van der Waals surface area (Å²) in [6.07, 6.45) is 19.3. The van der Waals surface area contributed by atoms with E-state index >= 15 is 0 Å². The van der Waals surface area contributed by atoms with Crippen LogP contribution in [-0.4, -0.2) is 49.0 Å². The lowest BCUT2D eigenvalue weighted by Crippen LogP contribution is -2.24. The molecule has 0 spiro atoms. The molecule has 1 aromatic rings. The number of fused-ring (bicyclic) bond motifs is 1. The maximum absolute atomic E-state index is 5.67. The fourth-order valence-corrected chi connectivity index (χ4v) is 4.28. The summed E-state index contributed by atoms with van der Waals surface area (Å²) in [6, 6.07) is 0.538. The van der Waals surface area contributed by atoms with Crippen molar-refractivity contribution in [3.05, 3.63) is 42.5 Å². The van der Waals surface area contributed by atoms with Crippen LogP contribution in [0.2, 0.25) is 0 Å². The number of hydrogen-bond acceptors (Lipinski definition) is 9. The predicted molar refractivity (Wildman–Crippen MR) is 136 cm³/mol. The molecular weight excluding hydrogens is 416 g/mol. The second-order valence-corrected chi connectivity index (χ2v) is 8.47. The summed E-state index contributed by atoms with van der Waals surface area (Å²) in [5.41, 5.74) is 11.7. The fourth-order valence-electron chi connectivity index (χ4n) is 4.28. The molecule has 3 unspecified atom stereocenters. The Kier molecular flexibility index (Phi) is 9.56. The maximum Gasteiger partial charge on any atom is 0.183 e. The summed E-state index contributed by atoms with van der Waals surface area (Å²) in [5, 5.41) is 6.98. The van der Waals surface area contributed by atoms with E-state index in [2.05, 4.69) is 50.5 Å². The number of ether oxygens (including phenoxy) is 1. The molecule has 9 heteroatoms. The van der Waals surface area contributed by atoms with Gasteiger partial charge in [0.1, 0.15) is 5.82 Å². The quantitative estimate of drug-likeness (QED) is 0.196. The highest BCUT2D eigenvalue weighted by molar-refractivity contribution is 5.72. The number of hydrogen-bond donors (Lipinski definition) is 5. The Bertz CT molecular complexity index is 866. The van der Waals surface area contributed by atoms with Crippen molar-refractivity contribution in [3.63, 3.8) is 0 Å². The Balaban J connectivity index is 1.65. The van der Waals surface area contributed by atoms with E-state index in [9.17, 15) is 0 Å². The molecule has 0 saturated heterocycles. The van der Waals surface area contributed by atoms with Gasteiger partial charge in [0.15, 0.2) is 17.5 Å². The molecule has 2 aliphatic rings. The van der Waals surface area contributed by atoms with E-state index in [0.29, 0.717) is 35.4 Å². The highest BCUT2D eigenvalue weighted by atomic mass is 16.5. The molecule has 1 aliphatic heterocycles. The second-order valence-electron chi connectivity index (χ2n) is 8.47. The minimum Gasteiger partial charge on any atom is -0.483 e. The number of anilines is 3. The van der Waals surface area contributed by atoms with Crippen LogP contribution in [0.5, 0.6) is 0 Å². The van der Waals surface area contributed by atoms with Crippen molar-refractivity contribution in [2.24, 2.45) is 22.6 Å². The number of nitrogens with zero attached hydrogens (tertiary/aromatic N) is 3. The lowest BCUT2D eigenvalue weighted by Gasteiger charge is -2.24. The van der Waals surface area contributed by atoms with Gasteiger partial charge in [-0.2, -0.15) is 0 Å². The topological polar surface area (TPSA) is 122 Å². The molecule has 6 N–H and O–H groups in total. The SMILES string of the molecule is CCC(/C=C\C=C(/N)OC)Nc1cnc(NNC)c(NCC2CCC[C@@H]3N=CC=CC3C2)n1. The normalized spacial score (nSPS) is 23.6. The number of nitrogens with one attached hydrogen (secondary N) is 4. The van der Waals surface area contributed by atoms with E-state index in [1.165, 1.54) is 19.3 Å². The third-order valence-corrected chi connectivity index (χ3v) is 6.12. The minimum absolute atomic E-state index is 0.0913. The first-order chi connectivity index (χ1) is 16.1. The van der Waals surface area contributed by atoms with E-state index in [1.807, 2.05) is 25.4 Å². The van der Waals surface area contributed by atoms with Gasteiger partial charge in [0.25, 0.3) is 0 Å². The first-order valence-electron chi connectivity index (χ1n) is 11.8. The van der Waals surface area contributed by atoms with Crippen molar-refractivity contribution in [3.8, 4) is 0 Å². The second kappa shape index (κ2) is 12.8. The molecule has 2 heterocycles. The summed E-state index contributed by atoms with van der Waals surface area (Å²) in [5.74, 6) is 3.60. The number of allylic oxidation sites excluding steroid dienone is 3. The Labute approximate surface area is 197 Å². The lowest BCUT2D eigenvalue weighted by molar-refractivity contribution is 0.287. The summed E-state index contributed by atoms with van der Waals surface area (Å²) in [4.78, 5) is 14.0. The maximum atomic E-state index is 5.67. The molecule has 1 saturated carbocycles. The number of dihydropyridines is 1. The monoisotopic (exact) mass is 454 g/mol. The molecule has 1 aliphatic carbocycles. The third kappa shape index (κ3) is 7.49. The van der Waals surface area contributed by atoms with E-state index in [-0.39, 0.29) is 6.04 Å². The van der Waals surface area contributed by atoms with Crippen molar-refractivity contribution in [2.75, 3.05) is 36.8 Å². The van der Waals surface area contributed by atoms with Crippen LogP contribution in [0, 0.1) is 11.8 Å². The van der Waals surface area contributed by atoms with Crippen LogP contribution >= 0.6 is 0 Å². The largest absolute Gasteiger partial charge is 0.483 e. The molecule has 9 nitrogen and oxygen atoms in total. The molecule has 180 valence electrons. The zero-order valence-electron chi connectivity index (χ0n) is 19.9. The third-order valence-electron chi connectivity index (χ3n) is 6.12. The molecule has 0 bridgehead atoms. The van der Waals surface area contributed by atoms with Crippen LogP contribution in [0.25, 0.3) is 0 Å². The standard InChI is InChI=1S/C24H38N8O/c1-4-19(10-6-12-21(25)33-3)30-22-16-29-24(32-26-2)23(31-22)28-15-17-8-5-11-20-18(14-17)9-7-13-27-20/h6-7,9-10,12-13,16-20,26H,4-5,8,11,14-15,25H2,1-3H3,(H,29,32)(H2,28,30,31)/b10-6-,21-12+/t17?,18?,19?,20-/m0/s1. The van der Waals surface area contributed by atoms with E-state index in [0.717, 1.165) is 25.2 Å². The van der Waals surface area contributed by atoms with E-state index < -0.39 is 0 Å². The first kappa shape index (κ1) is 24.6. The van der Waals surface area contributed by atoms with E-state index in [4.69, 9.17) is 15.5 Å². The van der Waals surface area contributed by atoms with Crippen LogP contribution in [0.1, 0.15) is 39.0 Å². The van der Waals surface area contributed by atoms with Gasteiger partial charge in [-0.25, -0.2) is 15.4 Å². The van der Waals surface area contributed by atoms with Gasteiger partial charge in [-0.15, -0.1) is 0 Å². The summed E-state index contributed by atoms with van der Waals surface area (Å²) >= 11 is 0. The van der Waals surface area contributed by atoms with Crippen LogP contribution in [0.15, 0.2) is 47.5 Å². The number of nitrogens with two attached hydrogens (primary N) is 1. The molecule has 1 aromatic heterocycles. The highest BCUT2D eigenvalue weighted by Crippen LogP contribution is 2.32. The van der Waals surface area contributed by atoms with Crippen LogP contribution in [-0.2, 0) is 4.74 Å².